The van der Waals surface area contributed by atoms with E-state index in [9.17, 15) is 0 Å². The van der Waals surface area contributed by atoms with Gasteiger partial charge in [0.25, 0.3) is 0 Å². The Kier molecular flexibility index (Phi) is 7.83. The molecule has 0 fully saturated rings. The average Bonchev–Trinajstić information content (AvgIpc) is 3.13. The van der Waals surface area contributed by atoms with Crippen molar-refractivity contribution in [1.82, 2.24) is 20.8 Å². The first-order valence-corrected chi connectivity index (χ1v) is 8.46. The summed E-state index contributed by atoms with van der Waals surface area (Å²) >= 11 is 0. The minimum Gasteiger partial charge on any atom is -0.374 e. The number of hydrogen-bond donors (Lipinski definition) is 3. The summed E-state index contributed by atoms with van der Waals surface area (Å²) in [5, 5.41) is 13.4. The van der Waals surface area contributed by atoms with Crippen LogP contribution in [0, 0.1) is 0 Å². The largest absolute Gasteiger partial charge is 0.374 e. The molecule has 24 heavy (non-hydrogen) atoms. The Balaban J connectivity index is 1.66. The summed E-state index contributed by atoms with van der Waals surface area (Å²) < 4.78 is 5.88. The number of nitrogens with one attached hydrogen (secondary N) is 3. The van der Waals surface area contributed by atoms with Crippen molar-refractivity contribution >= 4 is 5.96 Å². The van der Waals surface area contributed by atoms with Gasteiger partial charge in [-0.05, 0) is 31.9 Å². The fourth-order valence-corrected chi connectivity index (χ4v) is 2.24. The number of nitrogens with zero attached hydrogens (tertiary/aromatic N) is 2. The summed E-state index contributed by atoms with van der Waals surface area (Å²) in [4.78, 5) is 4.52. The number of hydrogen-bond acceptors (Lipinski definition) is 3. The molecule has 130 valence electrons. The molecule has 1 heterocycles. The predicted molar refractivity (Wildman–Crippen MR) is 96.8 cm³/mol. The van der Waals surface area contributed by atoms with Gasteiger partial charge in [0.2, 0.25) is 0 Å². The molecule has 0 aliphatic rings. The molecule has 0 radical (unpaired) electrons. The molecule has 1 unspecified atom stereocenters. The van der Waals surface area contributed by atoms with Crippen LogP contribution in [0.3, 0.4) is 0 Å². The number of aliphatic imine (C=N–C) groups is 1. The van der Waals surface area contributed by atoms with Crippen LogP contribution in [0.2, 0.25) is 0 Å². The van der Waals surface area contributed by atoms with Crippen molar-refractivity contribution in [2.45, 2.75) is 32.9 Å². The first kappa shape index (κ1) is 18.0. The first-order chi connectivity index (χ1) is 11.8. The van der Waals surface area contributed by atoms with E-state index in [0.29, 0.717) is 13.2 Å². The summed E-state index contributed by atoms with van der Waals surface area (Å²) in [5.74, 6) is 0.809. The van der Waals surface area contributed by atoms with Gasteiger partial charge in [-0.1, -0.05) is 30.3 Å². The van der Waals surface area contributed by atoms with Gasteiger partial charge in [-0.2, -0.15) is 5.10 Å². The first-order valence-electron chi connectivity index (χ1n) is 8.46. The fourth-order valence-electron chi connectivity index (χ4n) is 2.24. The maximum atomic E-state index is 5.88. The molecular weight excluding hydrogens is 302 g/mol. The lowest BCUT2D eigenvalue weighted by Crippen LogP contribution is -2.38. The van der Waals surface area contributed by atoms with E-state index in [2.05, 4.69) is 51.8 Å². The molecular formula is C18H27N5O. The van der Waals surface area contributed by atoms with Crippen molar-refractivity contribution in [3.8, 4) is 0 Å². The third-order valence-electron chi connectivity index (χ3n) is 3.56. The Morgan fingerprint density at radius 1 is 1.25 bits per heavy atom. The highest BCUT2D eigenvalue weighted by Gasteiger charge is 2.04. The van der Waals surface area contributed by atoms with Gasteiger partial charge < -0.3 is 15.4 Å². The number of ether oxygens (including phenoxy) is 1. The molecule has 0 bridgehead atoms. The van der Waals surface area contributed by atoms with Crippen LogP contribution in [0.25, 0.3) is 0 Å². The normalized spacial score (nSPS) is 12.8. The Morgan fingerprint density at radius 3 is 2.79 bits per heavy atom. The molecule has 6 heteroatoms. The van der Waals surface area contributed by atoms with E-state index >= 15 is 0 Å². The molecule has 2 aromatic rings. The van der Waals surface area contributed by atoms with Gasteiger partial charge in [0.15, 0.2) is 5.96 Å². The molecule has 3 N–H and O–H groups in total. The van der Waals surface area contributed by atoms with Crippen LogP contribution in [0.1, 0.15) is 37.6 Å². The van der Waals surface area contributed by atoms with E-state index in [-0.39, 0.29) is 6.10 Å². The molecule has 2 rings (SSSR count). The molecule has 1 atom stereocenters. The van der Waals surface area contributed by atoms with Crippen molar-refractivity contribution in [1.29, 1.82) is 0 Å². The molecule has 0 spiro atoms. The summed E-state index contributed by atoms with van der Waals surface area (Å²) in [6, 6.07) is 12.2. The van der Waals surface area contributed by atoms with Crippen molar-refractivity contribution in [2.75, 3.05) is 19.7 Å². The third kappa shape index (κ3) is 6.42. The SMILES string of the molecule is CCNC(=NCc1ccn[nH]1)NCCCOC(C)c1ccccc1. The topological polar surface area (TPSA) is 74.3 Å². The van der Waals surface area contributed by atoms with E-state index in [4.69, 9.17) is 4.74 Å². The summed E-state index contributed by atoms with van der Waals surface area (Å²) in [7, 11) is 0. The molecule has 1 aromatic heterocycles. The predicted octanol–water partition coefficient (Wildman–Crippen LogP) is 2.63. The van der Waals surface area contributed by atoms with Crippen molar-refractivity contribution in [2.24, 2.45) is 4.99 Å². The lowest BCUT2D eigenvalue weighted by atomic mass is 10.1. The third-order valence-corrected chi connectivity index (χ3v) is 3.56. The highest BCUT2D eigenvalue weighted by molar-refractivity contribution is 5.79. The number of rotatable bonds is 9. The van der Waals surface area contributed by atoms with Crippen LogP contribution in [0.5, 0.6) is 0 Å². The van der Waals surface area contributed by atoms with Gasteiger partial charge in [-0.15, -0.1) is 0 Å². The van der Waals surface area contributed by atoms with Crippen LogP contribution in [-0.2, 0) is 11.3 Å². The van der Waals surface area contributed by atoms with Gasteiger partial charge in [0, 0.05) is 25.9 Å². The van der Waals surface area contributed by atoms with Crippen molar-refractivity contribution in [3.63, 3.8) is 0 Å². The lowest BCUT2D eigenvalue weighted by molar-refractivity contribution is 0.0646. The van der Waals surface area contributed by atoms with E-state index in [1.54, 1.807) is 6.20 Å². The minimum atomic E-state index is 0.119. The van der Waals surface area contributed by atoms with Crippen molar-refractivity contribution in [3.05, 3.63) is 53.9 Å². The standard InChI is InChI=1S/C18H27N5O/c1-3-19-18(21-14-17-10-12-22-23-17)20-11-7-13-24-15(2)16-8-5-4-6-9-16/h4-6,8-10,12,15H,3,7,11,13-14H2,1-2H3,(H,22,23)(H2,19,20,21). The van der Waals surface area contributed by atoms with Gasteiger partial charge in [-0.3, -0.25) is 5.10 Å². The number of aromatic amines is 1. The minimum absolute atomic E-state index is 0.119. The summed E-state index contributed by atoms with van der Waals surface area (Å²) in [6.45, 7) is 7.07. The van der Waals surface area contributed by atoms with Gasteiger partial charge in [0.1, 0.15) is 0 Å². The average molecular weight is 329 g/mol. The van der Waals surface area contributed by atoms with E-state index < -0.39 is 0 Å². The molecule has 0 saturated heterocycles. The molecule has 0 aliphatic heterocycles. The highest BCUT2D eigenvalue weighted by Crippen LogP contribution is 2.15. The Morgan fingerprint density at radius 2 is 2.08 bits per heavy atom. The number of benzene rings is 1. The summed E-state index contributed by atoms with van der Waals surface area (Å²) in [6.07, 6.45) is 2.77. The van der Waals surface area contributed by atoms with Crippen LogP contribution in [0.15, 0.2) is 47.6 Å². The van der Waals surface area contributed by atoms with Gasteiger partial charge >= 0.3 is 0 Å². The van der Waals surface area contributed by atoms with Crippen LogP contribution < -0.4 is 10.6 Å². The Hall–Kier alpha value is -2.34. The fraction of sp³-hybridized carbons (Fsp3) is 0.444. The summed E-state index contributed by atoms with van der Waals surface area (Å²) in [5.41, 5.74) is 2.20. The number of aromatic nitrogens is 2. The van der Waals surface area contributed by atoms with Crippen LogP contribution in [0.4, 0.5) is 0 Å². The second-order valence-corrected chi connectivity index (χ2v) is 5.48. The smallest absolute Gasteiger partial charge is 0.191 e. The number of H-pyrrole nitrogens is 1. The van der Waals surface area contributed by atoms with Gasteiger partial charge in [0.05, 0.1) is 18.3 Å². The number of guanidine groups is 1. The molecule has 1 aromatic carbocycles. The zero-order valence-electron chi connectivity index (χ0n) is 14.5. The Labute approximate surface area is 143 Å². The van der Waals surface area contributed by atoms with E-state index in [1.807, 2.05) is 24.3 Å². The van der Waals surface area contributed by atoms with Gasteiger partial charge in [-0.25, -0.2) is 4.99 Å². The zero-order valence-corrected chi connectivity index (χ0v) is 14.5. The maximum Gasteiger partial charge on any atom is 0.191 e. The molecule has 0 amide bonds. The second-order valence-electron chi connectivity index (χ2n) is 5.48. The van der Waals surface area contributed by atoms with Crippen molar-refractivity contribution < 1.29 is 4.74 Å². The van der Waals surface area contributed by atoms with E-state index in [0.717, 1.165) is 31.2 Å². The molecule has 6 nitrogen and oxygen atoms in total. The second kappa shape index (κ2) is 10.4. The van der Waals surface area contributed by atoms with Crippen LogP contribution in [-0.4, -0.2) is 35.9 Å². The Bertz CT molecular complexity index is 583. The molecule has 0 saturated carbocycles. The van der Waals surface area contributed by atoms with Crippen LogP contribution >= 0.6 is 0 Å². The molecule has 0 aliphatic carbocycles. The highest BCUT2D eigenvalue weighted by atomic mass is 16.5. The monoisotopic (exact) mass is 329 g/mol. The maximum absolute atomic E-state index is 5.88. The van der Waals surface area contributed by atoms with E-state index in [1.165, 1.54) is 5.56 Å². The lowest BCUT2D eigenvalue weighted by Gasteiger charge is -2.14. The quantitative estimate of drug-likeness (QED) is 0.376. The zero-order chi connectivity index (χ0) is 17.0.